The molecule has 0 saturated carbocycles. The van der Waals surface area contributed by atoms with Crippen LogP contribution in [-0.2, 0) is 16.1 Å². The molecule has 0 aliphatic rings. The molecule has 4 aromatic rings. The molecule has 0 bridgehead atoms. The zero-order valence-electron chi connectivity index (χ0n) is 21.3. The third-order valence-electron chi connectivity index (χ3n) is 5.61. The van der Waals surface area contributed by atoms with Gasteiger partial charge in [-0.2, -0.15) is 4.80 Å². The van der Waals surface area contributed by atoms with Crippen molar-refractivity contribution in [2.45, 2.75) is 59.7 Å². The number of aryl methyl sites for hydroxylation is 2. The molecule has 0 aliphatic carbocycles. The van der Waals surface area contributed by atoms with Crippen LogP contribution in [0.25, 0.3) is 11.6 Å². The standard InChI is InChI=1S/C26H30N6O4/c1-16-9-7-10-19(18(16)3)32(23(20-11-8-14-35-20)25(34)27-26(4,5)6)22(33)15-31-29-24(28-30-31)21-13-12-17(2)36-21/h7-14,23H,15H2,1-6H3,(H,27,34)/t23-/m1/s1. The predicted molar refractivity (Wildman–Crippen MR) is 133 cm³/mol. The molecule has 1 N–H and O–H groups in total. The molecule has 10 nitrogen and oxygen atoms in total. The monoisotopic (exact) mass is 490 g/mol. The fourth-order valence-corrected chi connectivity index (χ4v) is 3.83. The summed E-state index contributed by atoms with van der Waals surface area (Å²) in [5.74, 6) is 0.991. The van der Waals surface area contributed by atoms with Gasteiger partial charge in [0, 0.05) is 11.2 Å². The number of tetrazole rings is 1. The molecule has 1 atom stereocenters. The second-order valence-electron chi connectivity index (χ2n) is 9.69. The van der Waals surface area contributed by atoms with Gasteiger partial charge in [-0.3, -0.25) is 14.5 Å². The summed E-state index contributed by atoms with van der Waals surface area (Å²) in [6.45, 7) is 11.1. The summed E-state index contributed by atoms with van der Waals surface area (Å²) < 4.78 is 11.2. The molecule has 36 heavy (non-hydrogen) atoms. The van der Waals surface area contributed by atoms with Crippen LogP contribution in [0.2, 0.25) is 0 Å². The fourth-order valence-electron chi connectivity index (χ4n) is 3.83. The highest BCUT2D eigenvalue weighted by molar-refractivity contribution is 6.01. The van der Waals surface area contributed by atoms with E-state index in [0.717, 1.165) is 11.1 Å². The average Bonchev–Trinajstić information content (AvgIpc) is 3.55. The van der Waals surface area contributed by atoms with E-state index in [2.05, 4.69) is 20.7 Å². The van der Waals surface area contributed by atoms with E-state index in [1.54, 1.807) is 24.3 Å². The van der Waals surface area contributed by atoms with Crippen molar-refractivity contribution in [2.24, 2.45) is 0 Å². The number of carbonyl (C=O) groups is 2. The minimum Gasteiger partial charge on any atom is -0.467 e. The van der Waals surface area contributed by atoms with Crippen LogP contribution in [0.5, 0.6) is 0 Å². The van der Waals surface area contributed by atoms with Gasteiger partial charge in [-0.1, -0.05) is 12.1 Å². The lowest BCUT2D eigenvalue weighted by molar-refractivity contribution is -0.128. The number of carbonyl (C=O) groups excluding carboxylic acids is 2. The first-order chi connectivity index (χ1) is 17.0. The Balaban J connectivity index is 1.75. The van der Waals surface area contributed by atoms with Crippen molar-refractivity contribution >= 4 is 17.5 Å². The number of nitrogens with one attached hydrogen (secondary N) is 1. The Bertz CT molecular complexity index is 1360. The molecular weight excluding hydrogens is 460 g/mol. The van der Waals surface area contributed by atoms with Crippen molar-refractivity contribution in [3.05, 3.63) is 71.4 Å². The van der Waals surface area contributed by atoms with Crippen molar-refractivity contribution in [2.75, 3.05) is 4.90 Å². The Morgan fingerprint density at radius 2 is 1.86 bits per heavy atom. The number of hydrogen-bond donors (Lipinski definition) is 1. The highest BCUT2D eigenvalue weighted by Gasteiger charge is 2.37. The zero-order chi connectivity index (χ0) is 26.0. The highest BCUT2D eigenvalue weighted by atomic mass is 16.3. The first-order valence-corrected chi connectivity index (χ1v) is 11.6. The van der Waals surface area contributed by atoms with E-state index < -0.39 is 17.5 Å². The number of nitrogens with zero attached hydrogens (tertiary/aromatic N) is 5. The summed E-state index contributed by atoms with van der Waals surface area (Å²) in [5.41, 5.74) is 1.91. The molecule has 2 amide bonds. The van der Waals surface area contributed by atoms with E-state index in [0.29, 0.717) is 23.0 Å². The van der Waals surface area contributed by atoms with Gasteiger partial charge in [0.15, 0.2) is 11.8 Å². The van der Waals surface area contributed by atoms with Gasteiger partial charge in [0.05, 0.1) is 6.26 Å². The SMILES string of the molecule is Cc1ccc(-c2nnn(CC(=O)N(c3cccc(C)c3C)[C@@H](C(=O)NC(C)(C)C)c3ccco3)n2)o1. The molecule has 3 heterocycles. The molecule has 188 valence electrons. The summed E-state index contributed by atoms with van der Waals surface area (Å²) in [6.07, 6.45) is 1.48. The third-order valence-corrected chi connectivity index (χ3v) is 5.61. The maximum absolute atomic E-state index is 13.9. The average molecular weight is 491 g/mol. The summed E-state index contributed by atoms with van der Waals surface area (Å²) in [7, 11) is 0. The van der Waals surface area contributed by atoms with Gasteiger partial charge < -0.3 is 14.2 Å². The molecule has 0 saturated heterocycles. The largest absolute Gasteiger partial charge is 0.467 e. The van der Waals surface area contributed by atoms with Crippen LogP contribution in [0.4, 0.5) is 5.69 Å². The number of hydrogen-bond acceptors (Lipinski definition) is 7. The zero-order valence-corrected chi connectivity index (χ0v) is 21.3. The Morgan fingerprint density at radius 1 is 1.08 bits per heavy atom. The number of aromatic nitrogens is 4. The lowest BCUT2D eigenvalue weighted by Crippen LogP contribution is -2.50. The lowest BCUT2D eigenvalue weighted by Gasteiger charge is -2.33. The topological polar surface area (TPSA) is 119 Å². The van der Waals surface area contributed by atoms with E-state index in [-0.39, 0.29) is 18.3 Å². The molecule has 10 heteroatoms. The van der Waals surface area contributed by atoms with Crippen LogP contribution in [0.3, 0.4) is 0 Å². The van der Waals surface area contributed by atoms with Gasteiger partial charge in [0.2, 0.25) is 5.82 Å². The van der Waals surface area contributed by atoms with Crippen molar-refractivity contribution in [3.8, 4) is 11.6 Å². The summed E-state index contributed by atoms with van der Waals surface area (Å²) in [5, 5.41) is 15.3. The van der Waals surface area contributed by atoms with Crippen LogP contribution >= 0.6 is 0 Å². The van der Waals surface area contributed by atoms with Gasteiger partial charge in [-0.15, -0.1) is 10.2 Å². The number of anilines is 1. The molecule has 3 aromatic heterocycles. The maximum Gasteiger partial charge on any atom is 0.251 e. The molecule has 4 rings (SSSR count). The van der Waals surface area contributed by atoms with E-state index in [9.17, 15) is 9.59 Å². The molecule has 0 unspecified atom stereocenters. The summed E-state index contributed by atoms with van der Waals surface area (Å²) in [6, 6.07) is 11.5. The van der Waals surface area contributed by atoms with Crippen LogP contribution in [0.15, 0.2) is 57.6 Å². The summed E-state index contributed by atoms with van der Waals surface area (Å²) >= 11 is 0. The quantitative estimate of drug-likeness (QED) is 0.413. The molecule has 0 aliphatic heterocycles. The minimum atomic E-state index is -1.05. The fraction of sp³-hybridized carbons (Fsp3) is 0.346. The van der Waals surface area contributed by atoms with Crippen molar-refractivity contribution in [3.63, 3.8) is 0 Å². The van der Waals surface area contributed by atoms with Crippen LogP contribution in [-0.4, -0.2) is 37.6 Å². The Labute approximate surface area is 209 Å². The highest BCUT2D eigenvalue weighted by Crippen LogP contribution is 2.32. The van der Waals surface area contributed by atoms with E-state index in [1.165, 1.54) is 16.0 Å². The van der Waals surface area contributed by atoms with Crippen LogP contribution < -0.4 is 10.2 Å². The Kier molecular flexibility index (Phi) is 6.78. The van der Waals surface area contributed by atoms with Crippen molar-refractivity contribution in [1.29, 1.82) is 0 Å². The van der Waals surface area contributed by atoms with Gasteiger partial charge in [-0.25, -0.2) is 0 Å². The predicted octanol–water partition coefficient (Wildman–Crippen LogP) is 4.14. The minimum absolute atomic E-state index is 0.250. The van der Waals surface area contributed by atoms with Gasteiger partial charge >= 0.3 is 0 Å². The number of amides is 2. The van der Waals surface area contributed by atoms with Gasteiger partial charge in [-0.05, 0) is 88.2 Å². The molecular formula is C26H30N6O4. The summed E-state index contributed by atoms with van der Waals surface area (Å²) in [4.78, 5) is 30.1. The first kappa shape index (κ1) is 24.9. The maximum atomic E-state index is 13.9. The van der Waals surface area contributed by atoms with Gasteiger partial charge in [0.25, 0.3) is 11.8 Å². The van der Waals surface area contributed by atoms with E-state index in [4.69, 9.17) is 8.83 Å². The smallest absolute Gasteiger partial charge is 0.251 e. The van der Waals surface area contributed by atoms with E-state index in [1.807, 2.05) is 59.7 Å². The second-order valence-corrected chi connectivity index (χ2v) is 9.69. The molecule has 0 fully saturated rings. The first-order valence-electron chi connectivity index (χ1n) is 11.6. The molecule has 0 spiro atoms. The van der Waals surface area contributed by atoms with E-state index >= 15 is 0 Å². The Morgan fingerprint density at radius 3 is 2.50 bits per heavy atom. The van der Waals surface area contributed by atoms with Gasteiger partial charge in [0.1, 0.15) is 18.1 Å². The lowest BCUT2D eigenvalue weighted by atomic mass is 10.0. The third kappa shape index (κ3) is 5.37. The number of furan rings is 2. The van der Waals surface area contributed by atoms with Crippen molar-refractivity contribution < 1.29 is 18.4 Å². The second kappa shape index (κ2) is 9.80. The number of benzene rings is 1. The molecule has 0 radical (unpaired) electrons. The normalized spacial score (nSPS) is 12.4. The Hall–Kier alpha value is -4.21. The van der Waals surface area contributed by atoms with Crippen LogP contribution in [0.1, 0.15) is 49.5 Å². The molecule has 1 aromatic carbocycles. The van der Waals surface area contributed by atoms with Crippen molar-refractivity contribution in [1.82, 2.24) is 25.5 Å². The van der Waals surface area contributed by atoms with Crippen LogP contribution in [0, 0.1) is 20.8 Å². The number of rotatable bonds is 7.